The number of hydrogen-bond donors (Lipinski definition) is 0. The molecule has 0 aliphatic carbocycles. The Bertz CT molecular complexity index is 432. The van der Waals surface area contributed by atoms with E-state index in [9.17, 15) is 0 Å². The Hall–Kier alpha value is -0.610. The van der Waals surface area contributed by atoms with Crippen molar-refractivity contribution in [3.05, 3.63) is 34.9 Å². The molecule has 0 amide bonds. The van der Waals surface area contributed by atoms with Crippen molar-refractivity contribution >= 4 is 11.6 Å². The summed E-state index contributed by atoms with van der Waals surface area (Å²) in [5.74, 6) is 0. The summed E-state index contributed by atoms with van der Waals surface area (Å²) in [6.45, 7) is 8.46. The van der Waals surface area contributed by atoms with Gasteiger partial charge in [0.15, 0.2) is 0 Å². The van der Waals surface area contributed by atoms with Crippen LogP contribution in [0.2, 0.25) is 5.02 Å². The Morgan fingerprint density at radius 2 is 1.57 bits per heavy atom. The molecule has 2 aliphatic heterocycles. The minimum Gasteiger partial charge on any atom is -0.304 e. The lowest BCUT2D eigenvalue weighted by Gasteiger charge is -2.42. The third kappa shape index (κ3) is 4.19. The first-order valence-electron chi connectivity index (χ1n) is 8.10. The number of rotatable bonds is 3. The van der Waals surface area contributed by atoms with Gasteiger partial charge in [0.25, 0.3) is 0 Å². The fourth-order valence-electron chi connectivity index (χ4n) is 3.48. The van der Waals surface area contributed by atoms with E-state index in [2.05, 4.69) is 33.9 Å². The maximum Gasteiger partial charge on any atom is 0.0406 e. The van der Waals surface area contributed by atoms with Gasteiger partial charge in [-0.1, -0.05) is 23.7 Å². The number of halogens is 1. The van der Waals surface area contributed by atoms with Gasteiger partial charge in [-0.3, -0.25) is 9.80 Å². The number of piperazine rings is 1. The first-order valence-corrected chi connectivity index (χ1v) is 8.48. The Morgan fingerprint density at radius 3 is 2.19 bits per heavy atom. The highest BCUT2D eigenvalue weighted by Crippen LogP contribution is 2.20. The fraction of sp³-hybridized carbons (Fsp3) is 0.647. The van der Waals surface area contributed by atoms with E-state index in [-0.39, 0.29) is 0 Å². The third-order valence-corrected chi connectivity index (χ3v) is 5.18. The molecule has 2 heterocycles. The second-order valence-electron chi connectivity index (χ2n) is 6.47. The average Bonchev–Trinajstić information content (AvgIpc) is 2.51. The molecule has 116 valence electrons. The highest BCUT2D eigenvalue weighted by molar-refractivity contribution is 6.30. The maximum atomic E-state index is 5.95. The largest absolute Gasteiger partial charge is 0.304 e. The SMILES string of the molecule is CN1CCN(C2CCN(Cc3ccc(Cl)cc3)CC2)CC1. The average molecular weight is 308 g/mol. The van der Waals surface area contributed by atoms with Crippen LogP contribution in [-0.2, 0) is 6.54 Å². The zero-order chi connectivity index (χ0) is 14.7. The first kappa shape index (κ1) is 15.3. The highest BCUT2D eigenvalue weighted by atomic mass is 35.5. The molecular formula is C17H26ClN3. The zero-order valence-electron chi connectivity index (χ0n) is 13.0. The summed E-state index contributed by atoms with van der Waals surface area (Å²) in [7, 11) is 2.23. The quantitative estimate of drug-likeness (QED) is 0.850. The Labute approximate surface area is 133 Å². The molecule has 3 nitrogen and oxygen atoms in total. The van der Waals surface area contributed by atoms with Gasteiger partial charge >= 0.3 is 0 Å². The van der Waals surface area contributed by atoms with Crippen LogP contribution in [0.1, 0.15) is 18.4 Å². The topological polar surface area (TPSA) is 9.72 Å². The molecule has 2 aliphatic rings. The van der Waals surface area contributed by atoms with Crippen molar-refractivity contribution in [1.29, 1.82) is 0 Å². The van der Waals surface area contributed by atoms with E-state index in [1.165, 1.54) is 57.7 Å². The van der Waals surface area contributed by atoms with Gasteiger partial charge in [0, 0.05) is 43.8 Å². The lowest BCUT2D eigenvalue weighted by Crippen LogP contribution is -2.52. The molecule has 2 saturated heterocycles. The van der Waals surface area contributed by atoms with Gasteiger partial charge in [0.1, 0.15) is 0 Å². The van der Waals surface area contributed by atoms with E-state index in [1.54, 1.807) is 0 Å². The Balaban J connectivity index is 1.45. The first-order chi connectivity index (χ1) is 10.2. The highest BCUT2D eigenvalue weighted by Gasteiger charge is 2.26. The van der Waals surface area contributed by atoms with Crippen molar-refractivity contribution < 1.29 is 0 Å². The normalized spacial score (nSPS) is 23.5. The second-order valence-corrected chi connectivity index (χ2v) is 6.91. The van der Waals surface area contributed by atoms with Gasteiger partial charge < -0.3 is 4.90 Å². The molecule has 0 N–H and O–H groups in total. The smallest absolute Gasteiger partial charge is 0.0406 e. The summed E-state index contributed by atoms with van der Waals surface area (Å²) in [6, 6.07) is 9.09. The summed E-state index contributed by atoms with van der Waals surface area (Å²) in [4.78, 5) is 7.72. The predicted molar refractivity (Wildman–Crippen MR) is 88.8 cm³/mol. The number of benzene rings is 1. The molecule has 1 aromatic rings. The number of likely N-dealkylation sites (tertiary alicyclic amines) is 1. The van der Waals surface area contributed by atoms with Gasteiger partial charge in [-0.2, -0.15) is 0 Å². The van der Waals surface area contributed by atoms with Crippen LogP contribution in [-0.4, -0.2) is 67.1 Å². The summed E-state index contributed by atoms with van der Waals surface area (Å²) in [6.07, 6.45) is 2.63. The lowest BCUT2D eigenvalue weighted by molar-refractivity contribution is 0.0658. The van der Waals surface area contributed by atoms with Crippen LogP contribution < -0.4 is 0 Å². The van der Waals surface area contributed by atoms with E-state index in [0.29, 0.717) is 0 Å². The van der Waals surface area contributed by atoms with Crippen molar-refractivity contribution in [2.45, 2.75) is 25.4 Å². The monoisotopic (exact) mass is 307 g/mol. The van der Waals surface area contributed by atoms with E-state index in [4.69, 9.17) is 11.6 Å². The number of piperidine rings is 1. The van der Waals surface area contributed by atoms with Crippen LogP contribution >= 0.6 is 11.6 Å². The van der Waals surface area contributed by atoms with Crippen LogP contribution in [0.4, 0.5) is 0 Å². The van der Waals surface area contributed by atoms with Crippen molar-refractivity contribution in [3.8, 4) is 0 Å². The molecule has 0 spiro atoms. The number of nitrogens with zero attached hydrogens (tertiary/aromatic N) is 3. The Morgan fingerprint density at radius 1 is 0.952 bits per heavy atom. The lowest BCUT2D eigenvalue weighted by atomic mass is 10.0. The van der Waals surface area contributed by atoms with E-state index >= 15 is 0 Å². The van der Waals surface area contributed by atoms with Gasteiger partial charge in [-0.25, -0.2) is 0 Å². The van der Waals surface area contributed by atoms with E-state index in [1.807, 2.05) is 12.1 Å². The van der Waals surface area contributed by atoms with Gasteiger partial charge in [-0.05, 0) is 50.7 Å². The molecule has 2 fully saturated rings. The standard InChI is InChI=1S/C17H26ClN3/c1-19-10-12-21(13-11-19)17-6-8-20(9-7-17)14-15-2-4-16(18)5-3-15/h2-5,17H,6-14H2,1H3. The second kappa shape index (κ2) is 7.10. The third-order valence-electron chi connectivity index (χ3n) is 4.93. The van der Waals surface area contributed by atoms with Crippen LogP contribution in [0.25, 0.3) is 0 Å². The van der Waals surface area contributed by atoms with E-state index < -0.39 is 0 Å². The molecule has 1 aromatic carbocycles. The van der Waals surface area contributed by atoms with Crippen LogP contribution in [0.3, 0.4) is 0 Å². The molecular weight excluding hydrogens is 282 g/mol. The molecule has 0 aromatic heterocycles. The molecule has 3 rings (SSSR count). The van der Waals surface area contributed by atoms with Crippen LogP contribution in [0.15, 0.2) is 24.3 Å². The molecule has 21 heavy (non-hydrogen) atoms. The molecule has 0 atom stereocenters. The summed E-state index contributed by atoms with van der Waals surface area (Å²) >= 11 is 5.95. The molecule has 0 unspecified atom stereocenters. The van der Waals surface area contributed by atoms with E-state index in [0.717, 1.165) is 17.6 Å². The number of likely N-dealkylation sites (N-methyl/N-ethyl adjacent to an activating group) is 1. The fourth-order valence-corrected chi connectivity index (χ4v) is 3.60. The molecule has 4 heteroatoms. The van der Waals surface area contributed by atoms with Crippen molar-refractivity contribution in [2.24, 2.45) is 0 Å². The number of hydrogen-bond acceptors (Lipinski definition) is 3. The minimum atomic E-state index is 0.806. The Kier molecular flexibility index (Phi) is 5.17. The van der Waals surface area contributed by atoms with Crippen molar-refractivity contribution in [3.63, 3.8) is 0 Å². The maximum absolute atomic E-state index is 5.95. The summed E-state index contributed by atoms with van der Waals surface area (Å²) in [5.41, 5.74) is 1.37. The molecule has 0 radical (unpaired) electrons. The van der Waals surface area contributed by atoms with Crippen LogP contribution in [0, 0.1) is 0 Å². The summed E-state index contributed by atoms with van der Waals surface area (Å²) < 4.78 is 0. The predicted octanol–water partition coefficient (Wildman–Crippen LogP) is 2.55. The van der Waals surface area contributed by atoms with Crippen molar-refractivity contribution in [2.75, 3.05) is 46.3 Å². The van der Waals surface area contributed by atoms with Crippen LogP contribution in [0.5, 0.6) is 0 Å². The van der Waals surface area contributed by atoms with Gasteiger partial charge in [0.05, 0.1) is 0 Å². The minimum absolute atomic E-state index is 0.806. The van der Waals surface area contributed by atoms with Gasteiger partial charge in [-0.15, -0.1) is 0 Å². The van der Waals surface area contributed by atoms with Crippen molar-refractivity contribution in [1.82, 2.24) is 14.7 Å². The molecule has 0 bridgehead atoms. The summed E-state index contributed by atoms with van der Waals surface area (Å²) in [5, 5.41) is 0.826. The molecule has 0 saturated carbocycles. The van der Waals surface area contributed by atoms with Gasteiger partial charge in [0.2, 0.25) is 0 Å². The zero-order valence-corrected chi connectivity index (χ0v) is 13.7.